The molecule has 0 saturated heterocycles. The maximum absolute atomic E-state index is 5.41. The minimum atomic E-state index is 0.554. The predicted octanol–water partition coefficient (Wildman–Crippen LogP) is 14.4. The SMILES string of the molecule is c1ccc(-c2ccc(-c3nc(-c4ccccc4-c4ccccc4)nc(-n4c5ccccc5c5c4ccc4c6ccccc6n(-c6ccccc6-c6ccccc6)c45)n3)cc2)cc1. The second-order valence-electron chi connectivity index (χ2n) is 15.6. The monoisotopic (exact) mass is 791 g/mol. The zero-order valence-corrected chi connectivity index (χ0v) is 33.6. The van der Waals surface area contributed by atoms with Crippen molar-refractivity contribution in [3.8, 4) is 67.8 Å². The van der Waals surface area contributed by atoms with Gasteiger partial charge in [0.05, 0.1) is 27.8 Å². The average molecular weight is 792 g/mol. The van der Waals surface area contributed by atoms with Crippen LogP contribution in [0.3, 0.4) is 0 Å². The molecular formula is C57H37N5. The minimum absolute atomic E-state index is 0.554. The third-order valence-electron chi connectivity index (χ3n) is 12.0. The molecule has 0 aliphatic rings. The molecule has 0 saturated carbocycles. The van der Waals surface area contributed by atoms with Gasteiger partial charge in [-0.2, -0.15) is 9.97 Å². The van der Waals surface area contributed by atoms with Crippen molar-refractivity contribution in [2.24, 2.45) is 0 Å². The van der Waals surface area contributed by atoms with Gasteiger partial charge in [-0.1, -0.05) is 200 Å². The number of hydrogen-bond donors (Lipinski definition) is 0. The van der Waals surface area contributed by atoms with Crippen molar-refractivity contribution < 1.29 is 0 Å². The van der Waals surface area contributed by atoms with Crippen LogP contribution in [0, 0.1) is 0 Å². The molecule has 0 bridgehead atoms. The van der Waals surface area contributed by atoms with Gasteiger partial charge in [0.2, 0.25) is 5.95 Å². The van der Waals surface area contributed by atoms with Gasteiger partial charge in [0.1, 0.15) is 0 Å². The van der Waals surface area contributed by atoms with E-state index in [1.807, 2.05) is 12.1 Å². The van der Waals surface area contributed by atoms with Crippen LogP contribution in [0.5, 0.6) is 0 Å². The normalized spacial score (nSPS) is 11.5. The first-order valence-electron chi connectivity index (χ1n) is 21.0. The summed E-state index contributed by atoms with van der Waals surface area (Å²) < 4.78 is 4.69. The Balaban J connectivity index is 1.15. The van der Waals surface area contributed by atoms with Crippen molar-refractivity contribution in [2.75, 3.05) is 0 Å². The van der Waals surface area contributed by atoms with Crippen LogP contribution in [0.4, 0.5) is 0 Å². The van der Waals surface area contributed by atoms with E-state index < -0.39 is 0 Å². The van der Waals surface area contributed by atoms with Crippen molar-refractivity contribution in [1.82, 2.24) is 24.1 Å². The topological polar surface area (TPSA) is 48.5 Å². The molecule has 0 radical (unpaired) electrons. The summed E-state index contributed by atoms with van der Waals surface area (Å²) in [7, 11) is 0. The highest BCUT2D eigenvalue weighted by Crippen LogP contribution is 2.43. The quantitative estimate of drug-likeness (QED) is 0.162. The van der Waals surface area contributed by atoms with Gasteiger partial charge in [0.15, 0.2) is 11.6 Å². The Labute approximate surface area is 358 Å². The fraction of sp³-hybridized carbons (Fsp3) is 0. The van der Waals surface area contributed by atoms with Gasteiger partial charge in [-0.3, -0.25) is 4.57 Å². The summed E-state index contributed by atoms with van der Waals surface area (Å²) in [5.74, 6) is 1.76. The number of para-hydroxylation sites is 3. The minimum Gasteiger partial charge on any atom is -0.308 e. The molecule has 290 valence electrons. The van der Waals surface area contributed by atoms with Crippen molar-refractivity contribution in [2.45, 2.75) is 0 Å². The van der Waals surface area contributed by atoms with Crippen molar-refractivity contribution in [3.63, 3.8) is 0 Å². The summed E-state index contributed by atoms with van der Waals surface area (Å²) in [6.07, 6.45) is 0. The highest BCUT2D eigenvalue weighted by Gasteiger charge is 2.24. The van der Waals surface area contributed by atoms with Crippen LogP contribution in [0.25, 0.3) is 111 Å². The lowest BCUT2D eigenvalue weighted by Gasteiger charge is -2.15. The summed E-state index contributed by atoms with van der Waals surface area (Å²) in [5.41, 5.74) is 14.1. The molecule has 3 aromatic heterocycles. The van der Waals surface area contributed by atoms with Gasteiger partial charge in [0.25, 0.3) is 0 Å². The molecule has 0 unspecified atom stereocenters. The molecule has 3 heterocycles. The van der Waals surface area contributed by atoms with E-state index >= 15 is 0 Å². The van der Waals surface area contributed by atoms with Crippen LogP contribution in [-0.2, 0) is 0 Å². The fourth-order valence-electron chi connectivity index (χ4n) is 9.21. The first-order valence-corrected chi connectivity index (χ1v) is 21.0. The molecule has 12 rings (SSSR count). The van der Waals surface area contributed by atoms with Gasteiger partial charge in [-0.05, 0) is 52.1 Å². The van der Waals surface area contributed by atoms with Gasteiger partial charge in [-0.25, -0.2) is 4.98 Å². The standard InChI is InChI=1S/C57H37N5/c1-4-18-38(19-5-1)39-32-34-42(35-33-39)55-58-56(47-27-11-10-24-43(47)40-20-6-2-7-21-40)60-57(59-55)62-51-31-17-14-28-48(51)53-52(62)37-36-46-45-26-13-16-30-50(45)61(54(46)53)49-29-15-12-25-44(49)41-22-8-3-9-23-41/h1-37H. The molecule has 12 aromatic rings. The smallest absolute Gasteiger partial charge is 0.238 e. The summed E-state index contributed by atoms with van der Waals surface area (Å²) >= 11 is 0. The van der Waals surface area contributed by atoms with Crippen LogP contribution in [-0.4, -0.2) is 24.1 Å². The van der Waals surface area contributed by atoms with Crippen molar-refractivity contribution in [3.05, 3.63) is 224 Å². The zero-order valence-electron chi connectivity index (χ0n) is 33.6. The van der Waals surface area contributed by atoms with Gasteiger partial charge >= 0.3 is 0 Å². The van der Waals surface area contributed by atoms with Crippen LogP contribution in [0.2, 0.25) is 0 Å². The van der Waals surface area contributed by atoms with Crippen LogP contribution < -0.4 is 0 Å². The lowest BCUT2D eigenvalue weighted by Crippen LogP contribution is -2.07. The molecule has 0 aliphatic heterocycles. The van der Waals surface area contributed by atoms with Crippen LogP contribution in [0.15, 0.2) is 224 Å². The van der Waals surface area contributed by atoms with E-state index in [9.17, 15) is 0 Å². The van der Waals surface area contributed by atoms with Crippen molar-refractivity contribution in [1.29, 1.82) is 0 Å². The molecule has 0 spiro atoms. The van der Waals surface area contributed by atoms with E-state index in [0.29, 0.717) is 17.6 Å². The van der Waals surface area contributed by atoms with Crippen LogP contribution >= 0.6 is 0 Å². The summed E-state index contributed by atoms with van der Waals surface area (Å²) in [5, 5.41) is 4.64. The van der Waals surface area contributed by atoms with E-state index in [2.05, 4.69) is 221 Å². The van der Waals surface area contributed by atoms with Gasteiger partial charge in [0, 0.05) is 38.2 Å². The zero-order chi connectivity index (χ0) is 41.0. The van der Waals surface area contributed by atoms with E-state index in [1.165, 1.54) is 21.9 Å². The van der Waals surface area contributed by atoms with E-state index in [4.69, 9.17) is 15.0 Å². The Morgan fingerprint density at radius 2 is 0.774 bits per heavy atom. The maximum atomic E-state index is 5.41. The third-order valence-corrected chi connectivity index (χ3v) is 12.0. The first kappa shape index (κ1) is 35.5. The molecule has 5 nitrogen and oxygen atoms in total. The second-order valence-corrected chi connectivity index (χ2v) is 15.6. The summed E-state index contributed by atoms with van der Waals surface area (Å²) in [4.78, 5) is 16.0. The second kappa shape index (κ2) is 14.7. The number of fused-ring (bicyclic) bond motifs is 7. The van der Waals surface area contributed by atoms with E-state index in [-0.39, 0.29) is 0 Å². The van der Waals surface area contributed by atoms with Crippen LogP contribution in [0.1, 0.15) is 0 Å². The molecule has 62 heavy (non-hydrogen) atoms. The number of hydrogen-bond acceptors (Lipinski definition) is 3. The molecule has 9 aromatic carbocycles. The van der Waals surface area contributed by atoms with E-state index in [1.54, 1.807) is 0 Å². The highest BCUT2D eigenvalue weighted by atomic mass is 15.2. The molecule has 5 heteroatoms. The Bertz CT molecular complexity index is 3610. The first-order chi connectivity index (χ1) is 30.8. The lowest BCUT2D eigenvalue weighted by atomic mass is 9.99. The lowest BCUT2D eigenvalue weighted by molar-refractivity contribution is 0.954. The molecule has 0 fully saturated rings. The summed E-state index contributed by atoms with van der Waals surface area (Å²) in [6, 6.07) is 79.1. The number of nitrogens with zero attached hydrogens (tertiary/aromatic N) is 5. The third kappa shape index (κ3) is 5.82. The van der Waals surface area contributed by atoms with Crippen molar-refractivity contribution >= 4 is 43.6 Å². The van der Waals surface area contributed by atoms with Gasteiger partial charge < -0.3 is 4.57 Å². The number of aromatic nitrogens is 5. The fourth-order valence-corrected chi connectivity index (χ4v) is 9.21. The highest BCUT2D eigenvalue weighted by molar-refractivity contribution is 6.26. The molecule has 0 amide bonds. The Hall–Kier alpha value is -8.41. The summed E-state index contributed by atoms with van der Waals surface area (Å²) in [6.45, 7) is 0. The predicted molar refractivity (Wildman–Crippen MR) is 256 cm³/mol. The number of rotatable bonds is 7. The molecule has 0 atom stereocenters. The largest absolute Gasteiger partial charge is 0.308 e. The molecular weight excluding hydrogens is 755 g/mol. The van der Waals surface area contributed by atoms with E-state index in [0.717, 1.165) is 71.9 Å². The molecule has 0 aliphatic carbocycles. The molecule has 0 N–H and O–H groups in total. The maximum Gasteiger partial charge on any atom is 0.238 e. The van der Waals surface area contributed by atoms with Gasteiger partial charge in [-0.15, -0.1) is 0 Å². The average Bonchev–Trinajstić information content (AvgIpc) is 3.88. The Kier molecular flexibility index (Phi) is 8.42. The Morgan fingerprint density at radius 1 is 0.274 bits per heavy atom. The number of benzene rings is 9. The Morgan fingerprint density at radius 3 is 1.48 bits per heavy atom.